The van der Waals surface area contributed by atoms with Crippen LogP contribution in [0.4, 0.5) is 5.82 Å². The highest BCUT2D eigenvalue weighted by molar-refractivity contribution is 6.03. The molecule has 2 aromatic carbocycles. The summed E-state index contributed by atoms with van der Waals surface area (Å²) in [6, 6.07) is 17.0. The van der Waals surface area contributed by atoms with Crippen molar-refractivity contribution in [3.63, 3.8) is 0 Å². The summed E-state index contributed by atoms with van der Waals surface area (Å²) in [7, 11) is 1.62. The Morgan fingerprint density at radius 2 is 2.00 bits per heavy atom. The molecule has 0 fully saturated rings. The molecular weight excluding hydrogens is 392 g/mol. The van der Waals surface area contributed by atoms with Gasteiger partial charge in [0, 0.05) is 12.1 Å². The predicted molar refractivity (Wildman–Crippen MR) is 119 cm³/mol. The first-order chi connectivity index (χ1) is 15.1. The zero-order chi connectivity index (χ0) is 21.8. The van der Waals surface area contributed by atoms with E-state index in [1.54, 1.807) is 11.8 Å². The van der Waals surface area contributed by atoms with Crippen LogP contribution in [0.25, 0.3) is 11.1 Å². The lowest BCUT2D eigenvalue weighted by atomic mass is 10.0. The van der Waals surface area contributed by atoms with Crippen molar-refractivity contribution in [1.29, 1.82) is 0 Å². The zero-order valence-corrected chi connectivity index (χ0v) is 17.7. The maximum absolute atomic E-state index is 12.7. The second kappa shape index (κ2) is 9.04. The number of hydrogen-bond acceptors (Lipinski definition) is 4. The van der Waals surface area contributed by atoms with Crippen LogP contribution in [0.5, 0.6) is 5.75 Å². The van der Waals surface area contributed by atoms with E-state index in [-0.39, 0.29) is 18.2 Å². The van der Waals surface area contributed by atoms with E-state index in [0.29, 0.717) is 18.8 Å². The summed E-state index contributed by atoms with van der Waals surface area (Å²) < 4.78 is 7.00. The minimum absolute atomic E-state index is 0.0516. The van der Waals surface area contributed by atoms with Crippen LogP contribution in [-0.2, 0) is 22.4 Å². The molecule has 0 saturated heterocycles. The minimum Gasteiger partial charge on any atom is -0.497 e. The average molecular weight is 418 g/mol. The number of aryl methyl sites for hydroxylation is 1. The third kappa shape index (κ3) is 4.30. The molecule has 0 aliphatic carbocycles. The molecule has 31 heavy (non-hydrogen) atoms. The van der Waals surface area contributed by atoms with Gasteiger partial charge in [-0.3, -0.25) is 9.59 Å². The Labute approximate surface area is 181 Å². The van der Waals surface area contributed by atoms with Gasteiger partial charge in [-0.05, 0) is 36.1 Å². The SMILES string of the molecule is CCc1nn2c(c1-c1cccc(OC)c1)NC(=O)C2CC(=O)NCCc1ccccc1. The topological polar surface area (TPSA) is 85.2 Å². The third-order valence-electron chi connectivity index (χ3n) is 5.47. The summed E-state index contributed by atoms with van der Waals surface area (Å²) in [5, 5.41) is 10.5. The molecule has 3 aromatic rings. The standard InChI is InChI=1S/C24H26N4O3/c1-3-19-22(17-10-7-11-18(14-17)31-2)23-26-24(30)20(28(23)27-19)15-21(29)25-13-12-16-8-5-4-6-9-16/h4-11,14,20H,3,12-13,15H2,1-2H3,(H,25,29)(H,26,30). The second-order valence-electron chi connectivity index (χ2n) is 7.50. The number of amides is 2. The van der Waals surface area contributed by atoms with E-state index in [1.807, 2.05) is 61.5 Å². The quantitative estimate of drug-likeness (QED) is 0.587. The molecule has 1 aromatic heterocycles. The fourth-order valence-electron chi connectivity index (χ4n) is 3.88. The van der Waals surface area contributed by atoms with Gasteiger partial charge in [-0.25, -0.2) is 4.68 Å². The lowest BCUT2D eigenvalue weighted by molar-refractivity contribution is -0.126. The van der Waals surface area contributed by atoms with Crippen molar-refractivity contribution in [2.45, 2.75) is 32.2 Å². The third-order valence-corrected chi connectivity index (χ3v) is 5.47. The van der Waals surface area contributed by atoms with Crippen LogP contribution in [-0.4, -0.2) is 35.2 Å². The molecule has 7 nitrogen and oxygen atoms in total. The van der Waals surface area contributed by atoms with Crippen molar-refractivity contribution < 1.29 is 14.3 Å². The first kappa shape index (κ1) is 20.7. The first-order valence-corrected chi connectivity index (χ1v) is 10.5. The molecule has 0 bridgehead atoms. The van der Waals surface area contributed by atoms with Gasteiger partial charge in [-0.15, -0.1) is 0 Å². The van der Waals surface area contributed by atoms with Gasteiger partial charge in [0.1, 0.15) is 17.6 Å². The highest BCUT2D eigenvalue weighted by atomic mass is 16.5. The number of methoxy groups -OCH3 is 1. The average Bonchev–Trinajstić information content (AvgIpc) is 3.29. The van der Waals surface area contributed by atoms with Crippen LogP contribution in [0.15, 0.2) is 54.6 Å². The lowest BCUT2D eigenvalue weighted by Gasteiger charge is -2.10. The van der Waals surface area contributed by atoms with E-state index in [0.717, 1.165) is 34.6 Å². The molecule has 4 rings (SSSR count). The number of anilines is 1. The Balaban J connectivity index is 1.50. The molecule has 0 saturated carbocycles. The summed E-state index contributed by atoms with van der Waals surface area (Å²) in [6.07, 6.45) is 1.50. The number of ether oxygens (including phenoxy) is 1. The van der Waals surface area contributed by atoms with E-state index in [9.17, 15) is 9.59 Å². The Kier molecular flexibility index (Phi) is 6.02. The van der Waals surface area contributed by atoms with Gasteiger partial charge in [0.05, 0.1) is 19.2 Å². The van der Waals surface area contributed by atoms with E-state index < -0.39 is 6.04 Å². The fourth-order valence-corrected chi connectivity index (χ4v) is 3.88. The summed E-state index contributed by atoms with van der Waals surface area (Å²) >= 11 is 0. The molecule has 1 aliphatic rings. The van der Waals surface area contributed by atoms with Gasteiger partial charge in [0.25, 0.3) is 5.91 Å². The molecule has 1 unspecified atom stereocenters. The Hall–Kier alpha value is -3.61. The maximum atomic E-state index is 12.7. The second-order valence-corrected chi connectivity index (χ2v) is 7.50. The molecule has 7 heteroatoms. The first-order valence-electron chi connectivity index (χ1n) is 10.5. The summed E-state index contributed by atoms with van der Waals surface area (Å²) in [4.78, 5) is 25.2. The van der Waals surface area contributed by atoms with Crippen molar-refractivity contribution in [2.24, 2.45) is 0 Å². The summed E-state index contributed by atoms with van der Waals surface area (Å²) in [5.74, 6) is 0.989. The number of hydrogen-bond donors (Lipinski definition) is 2. The van der Waals surface area contributed by atoms with Gasteiger partial charge >= 0.3 is 0 Å². The van der Waals surface area contributed by atoms with Gasteiger partial charge in [0.15, 0.2) is 0 Å². The number of carbonyl (C=O) groups is 2. The number of rotatable bonds is 8. The minimum atomic E-state index is -0.656. The van der Waals surface area contributed by atoms with E-state index >= 15 is 0 Å². The van der Waals surface area contributed by atoms with Gasteiger partial charge < -0.3 is 15.4 Å². The summed E-state index contributed by atoms with van der Waals surface area (Å²) in [5.41, 5.74) is 3.83. The van der Waals surface area contributed by atoms with Crippen LogP contribution in [0, 0.1) is 0 Å². The molecule has 2 amide bonds. The number of fused-ring (bicyclic) bond motifs is 1. The normalized spacial score (nSPS) is 14.8. The summed E-state index contributed by atoms with van der Waals surface area (Å²) in [6.45, 7) is 2.55. The van der Waals surface area contributed by atoms with E-state index in [4.69, 9.17) is 4.74 Å². The molecule has 1 atom stereocenters. The smallest absolute Gasteiger partial charge is 0.251 e. The van der Waals surface area contributed by atoms with E-state index in [1.165, 1.54) is 0 Å². The van der Waals surface area contributed by atoms with Crippen LogP contribution in [0.2, 0.25) is 0 Å². The Morgan fingerprint density at radius 3 is 2.74 bits per heavy atom. The molecule has 2 N–H and O–H groups in total. The van der Waals surface area contributed by atoms with Crippen molar-refractivity contribution in [2.75, 3.05) is 19.0 Å². The van der Waals surface area contributed by atoms with Crippen LogP contribution in [0.3, 0.4) is 0 Å². The molecule has 0 radical (unpaired) electrons. The zero-order valence-electron chi connectivity index (χ0n) is 17.7. The number of benzene rings is 2. The van der Waals surface area contributed by atoms with Gasteiger partial charge in [-0.2, -0.15) is 5.10 Å². The highest BCUT2D eigenvalue weighted by Crippen LogP contribution is 2.39. The van der Waals surface area contributed by atoms with Crippen molar-refractivity contribution in [3.05, 3.63) is 65.9 Å². The monoisotopic (exact) mass is 418 g/mol. The molecule has 160 valence electrons. The largest absolute Gasteiger partial charge is 0.497 e. The number of nitrogens with one attached hydrogen (secondary N) is 2. The molecular formula is C24H26N4O3. The van der Waals surface area contributed by atoms with Crippen LogP contribution in [0.1, 0.15) is 30.6 Å². The maximum Gasteiger partial charge on any atom is 0.251 e. The number of carbonyl (C=O) groups excluding carboxylic acids is 2. The lowest BCUT2D eigenvalue weighted by Crippen LogP contribution is -2.30. The molecule has 0 spiro atoms. The molecule has 1 aliphatic heterocycles. The Bertz CT molecular complexity index is 1090. The van der Waals surface area contributed by atoms with Crippen LogP contribution >= 0.6 is 0 Å². The van der Waals surface area contributed by atoms with E-state index in [2.05, 4.69) is 15.7 Å². The van der Waals surface area contributed by atoms with Crippen molar-refractivity contribution in [3.8, 4) is 16.9 Å². The van der Waals surface area contributed by atoms with Gasteiger partial charge in [-0.1, -0.05) is 49.4 Å². The Morgan fingerprint density at radius 1 is 1.19 bits per heavy atom. The fraction of sp³-hybridized carbons (Fsp3) is 0.292. The van der Waals surface area contributed by atoms with Crippen molar-refractivity contribution in [1.82, 2.24) is 15.1 Å². The van der Waals surface area contributed by atoms with Crippen LogP contribution < -0.4 is 15.4 Å². The molecule has 2 heterocycles. The van der Waals surface area contributed by atoms with Crippen molar-refractivity contribution >= 4 is 17.6 Å². The number of aromatic nitrogens is 2. The predicted octanol–water partition coefficient (Wildman–Crippen LogP) is 3.36. The highest BCUT2D eigenvalue weighted by Gasteiger charge is 2.36. The number of nitrogens with zero attached hydrogens (tertiary/aromatic N) is 2. The van der Waals surface area contributed by atoms with Gasteiger partial charge in [0.2, 0.25) is 5.91 Å².